The average Bonchev–Trinajstić information content (AvgIpc) is 2.57. The average molecular weight is 249 g/mol. The monoisotopic (exact) mass is 248 g/mol. The van der Waals surface area contributed by atoms with Gasteiger partial charge < -0.3 is 0 Å². The Morgan fingerprint density at radius 1 is 1.21 bits per heavy atom. The van der Waals surface area contributed by atoms with Gasteiger partial charge in [0.25, 0.3) is 0 Å². The number of rotatable bonds is 1. The van der Waals surface area contributed by atoms with Crippen LogP contribution in [0.25, 0.3) is 10.6 Å². The summed E-state index contributed by atoms with van der Waals surface area (Å²) in [5.41, 5.74) is 0.321. The van der Waals surface area contributed by atoms with E-state index in [0.717, 1.165) is 11.3 Å². The van der Waals surface area contributed by atoms with E-state index in [1.807, 2.05) is 0 Å². The number of nitrogens with zero attached hydrogens (tertiary/aromatic N) is 2. The molecule has 0 fully saturated rings. The molecule has 0 radical (unpaired) electrons. The Morgan fingerprint density at radius 3 is 2.64 bits per heavy atom. The summed E-state index contributed by atoms with van der Waals surface area (Å²) in [5, 5.41) is 7.80. The standard InChI is InChI=1S/C8H3Cl2FN2S/c9-5-3-1-2-4(6(5)11)7-12-13-8(10)14-7/h1-3H. The summed E-state index contributed by atoms with van der Waals surface area (Å²) in [6.07, 6.45) is 0. The molecule has 0 bridgehead atoms. The molecule has 0 unspecified atom stereocenters. The molecular weight excluding hydrogens is 246 g/mol. The van der Waals surface area contributed by atoms with Crippen molar-refractivity contribution in [1.82, 2.24) is 10.2 Å². The van der Waals surface area contributed by atoms with E-state index in [0.29, 0.717) is 10.6 Å². The van der Waals surface area contributed by atoms with Crippen LogP contribution in [0.2, 0.25) is 9.49 Å². The van der Waals surface area contributed by atoms with Crippen molar-refractivity contribution in [1.29, 1.82) is 0 Å². The normalized spacial score (nSPS) is 10.5. The van der Waals surface area contributed by atoms with Crippen molar-refractivity contribution < 1.29 is 4.39 Å². The lowest BCUT2D eigenvalue weighted by Crippen LogP contribution is -1.84. The number of benzene rings is 1. The summed E-state index contributed by atoms with van der Waals surface area (Å²) in [5.74, 6) is -0.498. The molecule has 2 aromatic rings. The van der Waals surface area contributed by atoms with Crippen LogP contribution in [0.3, 0.4) is 0 Å². The van der Waals surface area contributed by atoms with Crippen molar-refractivity contribution in [3.8, 4) is 10.6 Å². The Kier molecular flexibility index (Phi) is 2.67. The van der Waals surface area contributed by atoms with Gasteiger partial charge in [-0.1, -0.05) is 29.0 Å². The molecule has 1 aromatic carbocycles. The van der Waals surface area contributed by atoms with E-state index >= 15 is 0 Å². The van der Waals surface area contributed by atoms with Crippen molar-refractivity contribution in [2.24, 2.45) is 0 Å². The number of halogens is 3. The largest absolute Gasteiger partial charge is 0.207 e. The van der Waals surface area contributed by atoms with Gasteiger partial charge in [0.1, 0.15) is 0 Å². The predicted molar refractivity (Wildman–Crippen MR) is 55.3 cm³/mol. The van der Waals surface area contributed by atoms with Gasteiger partial charge in [-0.3, -0.25) is 0 Å². The Morgan fingerprint density at radius 2 is 2.00 bits per heavy atom. The maximum absolute atomic E-state index is 13.5. The van der Waals surface area contributed by atoms with Crippen LogP contribution in [-0.2, 0) is 0 Å². The molecule has 0 spiro atoms. The molecular formula is C8H3Cl2FN2S. The molecule has 0 aliphatic heterocycles. The quantitative estimate of drug-likeness (QED) is 0.770. The molecule has 0 amide bonds. The molecule has 72 valence electrons. The fraction of sp³-hybridized carbons (Fsp3) is 0. The van der Waals surface area contributed by atoms with Gasteiger partial charge in [-0.25, -0.2) is 4.39 Å². The Labute approximate surface area is 93.3 Å². The van der Waals surface area contributed by atoms with Crippen LogP contribution >= 0.6 is 34.5 Å². The van der Waals surface area contributed by atoms with Crippen LogP contribution in [0, 0.1) is 5.82 Å². The van der Waals surface area contributed by atoms with E-state index in [1.54, 1.807) is 12.1 Å². The van der Waals surface area contributed by atoms with Crippen molar-refractivity contribution in [3.05, 3.63) is 33.5 Å². The molecule has 1 heterocycles. The minimum absolute atomic E-state index is 0.0637. The highest BCUT2D eigenvalue weighted by atomic mass is 35.5. The lowest BCUT2D eigenvalue weighted by molar-refractivity contribution is 0.631. The maximum Gasteiger partial charge on any atom is 0.207 e. The molecule has 6 heteroatoms. The van der Waals surface area contributed by atoms with Gasteiger partial charge in [0.15, 0.2) is 10.8 Å². The Bertz CT molecular complexity index is 472. The summed E-state index contributed by atoms with van der Waals surface area (Å²) >= 11 is 12.3. The van der Waals surface area contributed by atoms with Gasteiger partial charge in [-0.05, 0) is 23.7 Å². The topological polar surface area (TPSA) is 25.8 Å². The zero-order valence-electron chi connectivity index (χ0n) is 6.67. The first-order valence-corrected chi connectivity index (χ1v) is 5.19. The van der Waals surface area contributed by atoms with Gasteiger partial charge >= 0.3 is 0 Å². The van der Waals surface area contributed by atoms with Crippen LogP contribution < -0.4 is 0 Å². The van der Waals surface area contributed by atoms with E-state index in [-0.39, 0.29) is 9.49 Å². The summed E-state index contributed by atoms with van der Waals surface area (Å²) in [4.78, 5) is 0. The van der Waals surface area contributed by atoms with Gasteiger partial charge in [-0.2, -0.15) is 0 Å². The highest BCUT2D eigenvalue weighted by Gasteiger charge is 2.12. The molecule has 2 nitrogen and oxygen atoms in total. The molecule has 14 heavy (non-hydrogen) atoms. The third-order valence-electron chi connectivity index (χ3n) is 1.58. The molecule has 0 aliphatic rings. The smallest absolute Gasteiger partial charge is 0.205 e. The zero-order chi connectivity index (χ0) is 10.1. The zero-order valence-corrected chi connectivity index (χ0v) is 9.00. The lowest BCUT2D eigenvalue weighted by atomic mass is 10.2. The Balaban J connectivity index is 2.57. The van der Waals surface area contributed by atoms with Crippen molar-refractivity contribution in [2.75, 3.05) is 0 Å². The van der Waals surface area contributed by atoms with Crippen LogP contribution in [0.1, 0.15) is 0 Å². The van der Waals surface area contributed by atoms with Gasteiger partial charge in [0.2, 0.25) is 4.47 Å². The number of hydrogen-bond acceptors (Lipinski definition) is 3. The Hall–Kier alpha value is -0.710. The van der Waals surface area contributed by atoms with Crippen molar-refractivity contribution in [3.63, 3.8) is 0 Å². The molecule has 0 N–H and O–H groups in total. The van der Waals surface area contributed by atoms with E-state index in [1.165, 1.54) is 6.07 Å². The molecule has 0 aliphatic carbocycles. The summed E-state index contributed by atoms with van der Waals surface area (Å²) < 4.78 is 13.7. The minimum atomic E-state index is -0.498. The first-order chi connectivity index (χ1) is 6.68. The molecule has 0 saturated heterocycles. The summed E-state index contributed by atoms with van der Waals surface area (Å²) in [6.45, 7) is 0. The van der Waals surface area contributed by atoms with Crippen LogP contribution in [0.15, 0.2) is 18.2 Å². The van der Waals surface area contributed by atoms with Crippen molar-refractivity contribution >= 4 is 34.5 Å². The predicted octanol–water partition coefficient (Wildman–Crippen LogP) is 3.65. The first kappa shape index (κ1) is 9.83. The van der Waals surface area contributed by atoms with Crippen LogP contribution in [-0.4, -0.2) is 10.2 Å². The van der Waals surface area contributed by atoms with Crippen LogP contribution in [0.4, 0.5) is 4.39 Å². The third-order valence-corrected chi connectivity index (χ3v) is 2.93. The SMILES string of the molecule is Fc1c(Cl)cccc1-c1nnc(Cl)s1. The highest BCUT2D eigenvalue weighted by molar-refractivity contribution is 7.18. The molecule has 0 saturated carbocycles. The van der Waals surface area contributed by atoms with Crippen molar-refractivity contribution in [2.45, 2.75) is 0 Å². The van der Waals surface area contributed by atoms with Gasteiger partial charge in [0.05, 0.1) is 5.02 Å². The third kappa shape index (κ3) is 1.73. The fourth-order valence-electron chi connectivity index (χ4n) is 0.983. The fourth-order valence-corrected chi connectivity index (χ4v) is 2.01. The van der Waals surface area contributed by atoms with Crippen LogP contribution in [0.5, 0.6) is 0 Å². The second-order valence-corrected chi connectivity index (χ2v) is 4.43. The molecule has 0 atom stereocenters. The maximum atomic E-state index is 13.5. The first-order valence-electron chi connectivity index (χ1n) is 3.62. The number of aromatic nitrogens is 2. The van der Waals surface area contributed by atoms with Gasteiger partial charge in [0, 0.05) is 5.56 Å². The highest BCUT2D eigenvalue weighted by Crippen LogP contribution is 2.30. The summed E-state index contributed by atoms with van der Waals surface area (Å²) in [6, 6.07) is 4.71. The molecule has 2 rings (SSSR count). The van der Waals surface area contributed by atoms with E-state index in [4.69, 9.17) is 23.2 Å². The van der Waals surface area contributed by atoms with E-state index < -0.39 is 5.82 Å². The minimum Gasteiger partial charge on any atom is -0.205 e. The lowest BCUT2D eigenvalue weighted by Gasteiger charge is -1.98. The van der Waals surface area contributed by atoms with Gasteiger partial charge in [-0.15, -0.1) is 10.2 Å². The van der Waals surface area contributed by atoms with E-state index in [9.17, 15) is 4.39 Å². The molecule has 1 aromatic heterocycles. The second kappa shape index (κ2) is 3.81. The number of hydrogen-bond donors (Lipinski definition) is 0. The second-order valence-electron chi connectivity index (χ2n) is 2.46. The van der Waals surface area contributed by atoms with E-state index in [2.05, 4.69) is 10.2 Å². The summed E-state index contributed by atoms with van der Waals surface area (Å²) in [7, 11) is 0.